The lowest BCUT2D eigenvalue weighted by atomic mass is 9.44. The van der Waals surface area contributed by atoms with E-state index in [-0.39, 0.29) is 47.2 Å². The Morgan fingerprint density at radius 3 is 2.71 bits per heavy atom. The summed E-state index contributed by atoms with van der Waals surface area (Å²) < 4.78 is 12.2. The molecule has 4 fully saturated rings. The molecule has 0 unspecified atom stereocenters. The molecule has 12 heteroatoms. The van der Waals surface area contributed by atoms with Crippen molar-refractivity contribution in [1.82, 2.24) is 15.1 Å². The molecule has 3 saturated carbocycles. The predicted molar refractivity (Wildman–Crippen MR) is 161 cm³/mol. The molecule has 2 N–H and O–H groups in total. The van der Waals surface area contributed by atoms with Gasteiger partial charge in [-0.3, -0.25) is 24.6 Å². The van der Waals surface area contributed by atoms with Gasteiger partial charge in [0.2, 0.25) is 11.0 Å². The van der Waals surface area contributed by atoms with Gasteiger partial charge in [0.1, 0.15) is 11.9 Å². The molecule has 8 atom stereocenters. The number of aliphatic hydroxyl groups is 1. The van der Waals surface area contributed by atoms with Crippen LogP contribution in [0.3, 0.4) is 0 Å². The minimum Gasteiger partial charge on any atom is -0.461 e. The molecule has 1 aliphatic heterocycles. The Balaban J connectivity index is 1.28. The number of anilines is 1. The van der Waals surface area contributed by atoms with Crippen LogP contribution in [-0.2, 0) is 23.9 Å². The van der Waals surface area contributed by atoms with Crippen LogP contribution >= 0.6 is 23.1 Å². The lowest BCUT2D eigenvalue weighted by molar-refractivity contribution is -0.205. The smallest absolute Gasteiger partial charge is 0.316 e. The fourth-order valence-corrected chi connectivity index (χ4v) is 9.81. The summed E-state index contributed by atoms with van der Waals surface area (Å²) in [7, 11) is 0. The number of rotatable bonds is 8. The van der Waals surface area contributed by atoms with E-state index in [2.05, 4.69) is 42.9 Å². The normalized spacial score (nSPS) is 38.7. The number of aromatic nitrogens is 2. The Morgan fingerprint density at radius 2 is 2.00 bits per heavy atom. The summed E-state index contributed by atoms with van der Waals surface area (Å²) in [6, 6.07) is 0. The second kappa shape index (κ2) is 12.3. The number of Topliss-reactive ketones (excluding diaryl/α,β-unsaturated/α-hetero) is 1. The lowest BCUT2D eigenvalue weighted by Gasteiger charge is -2.61. The molecule has 2 bridgehead atoms. The van der Waals surface area contributed by atoms with Crippen molar-refractivity contribution in [3.8, 4) is 0 Å². The molecule has 42 heavy (non-hydrogen) atoms. The maximum atomic E-state index is 13.5. The van der Waals surface area contributed by atoms with E-state index in [9.17, 15) is 19.5 Å². The van der Waals surface area contributed by atoms with Gasteiger partial charge in [-0.15, -0.1) is 16.8 Å². The number of carbonyl (C=O) groups is 3. The van der Waals surface area contributed by atoms with Gasteiger partial charge in [-0.1, -0.05) is 56.9 Å². The quantitative estimate of drug-likeness (QED) is 0.191. The number of esters is 1. The third kappa shape index (κ3) is 5.69. The highest BCUT2D eigenvalue weighted by Gasteiger charge is 2.68. The van der Waals surface area contributed by atoms with Crippen LogP contribution in [0.25, 0.3) is 0 Å². The number of ketones is 1. The maximum absolute atomic E-state index is 13.5. The Morgan fingerprint density at radius 1 is 1.26 bits per heavy atom. The molecule has 1 amide bonds. The molecule has 10 nitrogen and oxygen atoms in total. The molecular formula is C30H44N4O6S2. The van der Waals surface area contributed by atoms with E-state index in [1.54, 1.807) is 6.08 Å². The number of aliphatic hydroxyl groups excluding tert-OH is 1. The van der Waals surface area contributed by atoms with E-state index in [1.807, 2.05) is 11.8 Å². The van der Waals surface area contributed by atoms with Crippen LogP contribution in [0.1, 0.15) is 59.8 Å². The zero-order chi connectivity index (χ0) is 30.3. The summed E-state index contributed by atoms with van der Waals surface area (Å²) in [6.07, 6.45) is 4.04. The Kier molecular flexibility index (Phi) is 9.21. The Labute approximate surface area is 256 Å². The van der Waals surface area contributed by atoms with E-state index in [0.717, 1.165) is 19.3 Å². The number of nitrogens with zero attached hydrogens (tertiary/aromatic N) is 3. The van der Waals surface area contributed by atoms with Gasteiger partial charge in [0.25, 0.3) is 0 Å². The van der Waals surface area contributed by atoms with Gasteiger partial charge < -0.3 is 14.6 Å². The van der Waals surface area contributed by atoms with Crippen molar-refractivity contribution in [2.45, 2.75) is 76.3 Å². The summed E-state index contributed by atoms with van der Waals surface area (Å²) in [5, 5.41) is 23.0. The van der Waals surface area contributed by atoms with Crippen LogP contribution in [0.5, 0.6) is 0 Å². The van der Waals surface area contributed by atoms with Crippen LogP contribution in [0.15, 0.2) is 17.0 Å². The molecule has 0 spiro atoms. The number of thioether (sulfide) groups is 1. The molecular weight excluding hydrogens is 576 g/mol. The SMILES string of the molecule is C=C[C@]1(C)C[C@@H](OC(=O)CSc2nnc(NC(=O)CN3CCOCC3)s2)[C@]2(C)[C@H](C)CC[C@]3(CCC(=O)[C@H]32)[C@@H](C)[C@@H]1O. The van der Waals surface area contributed by atoms with Crippen molar-refractivity contribution in [2.24, 2.45) is 34.0 Å². The monoisotopic (exact) mass is 620 g/mol. The first-order valence-electron chi connectivity index (χ1n) is 15.0. The third-order valence-electron chi connectivity index (χ3n) is 11.0. The minimum absolute atomic E-state index is 0.0187. The van der Waals surface area contributed by atoms with Gasteiger partial charge in [-0.05, 0) is 42.9 Å². The van der Waals surface area contributed by atoms with Gasteiger partial charge in [0, 0.05) is 36.3 Å². The van der Waals surface area contributed by atoms with Crippen LogP contribution in [0, 0.1) is 34.0 Å². The van der Waals surface area contributed by atoms with Crippen molar-refractivity contribution in [3.05, 3.63) is 12.7 Å². The number of carbonyl (C=O) groups excluding carboxylic acids is 3. The van der Waals surface area contributed by atoms with Gasteiger partial charge in [-0.25, -0.2) is 0 Å². The van der Waals surface area contributed by atoms with Crippen molar-refractivity contribution >= 4 is 45.9 Å². The molecule has 5 rings (SSSR count). The predicted octanol–water partition coefficient (Wildman–Crippen LogP) is 3.81. The van der Waals surface area contributed by atoms with E-state index in [4.69, 9.17) is 9.47 Å². The average molecular weight is 621 g/mol. The highest BCUT2D eigenvalue weighted by atomic mass is 32.2. The number of morpholine rings is 1. The maximum Gasteiger partial charge on any atom is 0.316 e. The number of hydrogen-bond donors (Lipinski definition) is 2. The standard InChI is InChI=1S/C30H44N4O6S2/c1-6-28(4)15-21(29(5)18(2)7-9-30(19(3)25(28)38)10-8-20(35)24(29)30)40-23(37)17-41-27-33-32-26(42-27)31-22(36)16-34-11-13-39-14-12-34/h6,18-19,21,24-25,38H,1,7-17H2,2-5H3,(H,31,32,36)/t18-,19+,21-,24+,25+,28-,29+,30+/m1/s1. The number of hydrogen-bond acceptors (Lipinski definition) is 11. The number of amides is 1. The highest BCUT2D eigenvalue weighted by Crippen LogP contribution is 2.68. The molecule has 0 aromatic carbocycles. The fraction of sp³-hybridized carbons (Fsp3) is 0.767. The van der Waals surface area contributed by atoms with Gasteiger partial charge >= 0.3 is 5.97 Å². The van der Waals surface area contributed by atoms with Gasteiger partial charge in [-0.2, -0.15) is 0 Å². The molecule has 2 heterocycles. The Hall–Kier alpha value is -1.86. The number of ether oxygens (including phenoxy) is 2. The summed E-state index contributed by atoms with van der Waals surface area (Å²) in [5.41, 5.74) is -1.53. The van der Waals surface area contributed by atoms with Crippen LogP contribution in [-0.4, -0.2) is 88.7 Å². The zero-order valence-corrected chi connectivity index (χ0v) is 26.7. The summed E-state index contributed by atoms with van der Waals surface area (Å²) in [5.74, 6) is -0.471. The van der Waals surface area contributed by atoms with Crippen molar-refractivity contribution in [1.29, 1.82) is 0 Å². The minimum atomic E-state index is -0.699. The summed E-state index contributed by atoms with van der Waals surface area (Å²) >= 11 is 2.43. The van der Waals surface area contributed by atoms with Crippen LogP contribution in [0.2, 0.25) is 0 Å². The molecule has 1 aromatic heterocycles. The molecule has 3 aliphatic carbocycles. The first-order chi connectivity index (χ1) is 19.9. The second-order valence-corrected chi connectivity index (χ2v) is 15.4. The van der Waals surface area contributed by atoms with E-state index in [1.165, 1.54) is 23.1 Å². The van der Waals surface area contributed by atoms with Crippen molar-refractivity contribution in [3.63, 3.8) is 0 Å². The highest BCUT2D eigenvalue weighted by molar-refractivity contribution is 8.01. The molecule has 1 saturated heterocycles. The molecule has 4 aliphatic rings. The van der Waals surface area contributed by atoms with E-state index < -0.39 is 29.0 Å². The third-order valence-corrected chi connectivity index (χ3v) is 13.0. The van der Waals surface area contributed by atoms with E-state index in [0.29, 0.717) is 48.6 Å². The lowest BCUT2D eigenvalue weighted by Crippen LogP contribution is -2.63. The first-order valence-corrected chi connectivity index (χ1v) is 16.8. The van der Waals surface area contributed by atoms with Gasteiger partial charge in [0.15, 0.2) is 4.34 Å². The largest absolute Gasteiger partial charge is 0.461 e. The van der Waals surface area contributed by atoms with Crippen molar-refractivity contribution in [2.75, 3.05) is 43.9 Å². The molecule has 232 valence electrons. The summed E-state index contributed by atoms with van der Waals surface area (Å²) in [4.78, 5) is 41.4. The van der Waals surface area contributed by atoms with Crippen molar-refractivity contribution < 1.29 is 29.0 Å². The van der Waals surface area contributed by atoms with Crippen LogP contribution < -0.4 is 5.32 Å². The zero-order valence-electron chi connectivity index (χ0n) is 25.1. The molecule has 1 aromatic rings. The first kappa shape index (κ1) is 31.6. The molecule has 0 radical (unpaired) electrons. The number of nitrogens with one attached hydrogen (secondary N) is 1. The Bertz CT molecular complexity index is 1210. The second-order valence-electron chi connectivity index (χ2n) is 13.2. The summed E-state index contributed by atoms with van der Waals surface area (Å²) in [6.45, 7) is 15.4. The van der Waals surface area contributed by atoms with Gasteiger partial charge in [0.05, 0.1) is 31.6 Å². The van der Waals surface area contributed by atoms with E-state index >= 15 is 0 Å². The topological polar surface area (TPSA) is 131 Å². The fourth-order valence-electron chi connectivity index (χ4n) is 8.25. The van der Waals surface area contributed by atoms with Crippen LogP contribution in [0.4, 0.5) is 5.13 Å². The average Bonchev–Trinajstić information content (AvgIpc) is 3.57.